The maximum atomic E-state index is 2.73. The minimum atomic E-state index is 0.643. The van der Waals surface area contributed by atoms with Crippen LogP contribution in [0, 0.1) is 5.92 Å². The highest BCUT2D eigenvalue weighted by Gasteiger charge is 2.40. The van der Waals surface area contributed by atoms with E-state index in [1.165, 1.54) is 48.8 Å². The summed E-state index contributed by atoms with van der Waals surface area (Å²) >= 11 is 0. The van der Waals surface area contributed by atoms with Crippen molar-refractivity contribution >= 4 is 17.1 Å². The molecule has 3 aliphatic rings. The van der Waals surface area contributed by atoms with E-state index in [9.17, 15) is 0 Å². The van der Waals surface area contributed by atoms with Crippen LogP contribution in [0.15, 0.2) is 24.3 Å². The van der Waals surface area contributed by atoms with Crippen molar-refractivity contribution in [3.63, 3.8) is 0 Å². The summed E-state index contributed by atoms with van der Waals surface area (Å²) in [7, 11) is 0. The molecule has 2 heteroatoms. The molecule has 2 aromatic rings. The summed E-state index contributed by atoms with van der Waals surface area (Å²) < 4.78 is 2.50. The first-order valence-corrected chi connectivity index (χ1v) is 8.45. The van der Waals surface area contributed by atoms with Gasteiger partial charge in [-0.25, -0.2) is 0 Å². The van der Waals surface area contributed by atoms with Gasteiger partial charge in [-0.05, 0) is 55.3 Å². The predicted molar refractivity (Wildman–Crippen MR) is 87.4 cm³/mol. The van der Waals surface area contributed by atoms with Crippen LogP contribution in [0.2, 0.25) is 0 Å². The van der Waals surface area contributed by atoms with E-state index in [0.29, 0.717) is 6.04 Å². The molecule has 0 amide bonds. The van der Waals surface area contributed by atoms with Crippen molar-refractivity contribution in [3.05, 3.63) is 41.1 Å². The topological polar surface area (TPSA) is 8.17 Å². The van der Waals surface area contributed by atoms with Crippen LogP contribution in [0.3, 0.4) is 0 Å². The summed E-state index contributed by atoms with van der Waals surface area (Å²) in [5.74, 6) is 0.736. The van der Waals surface area contributed by atoms with Crippen LogP contribution >= 0.6 is 0 Å². The molecule has 0 aliphatic carbocycles. The predicted octanol–water partition coefficient (Wildman–Crippen LogP) is 4.00. The van der Waals surface area contributed by atoms with Gasteiger partial charge in [0.05, 0.1) is 11.6 Å². The van der Waals surface area contributed by atoms with Crippen LogP contribution in [-0.2, 0) is 12.8 Å². The summed E-state index contributed by atoms with van der Waals surface area (Å²) in [6.07, 6.45) is 9.89. The Hall–Kier alpha value is -1.54. The number of hydrogen-bond acceptors (Lipinski definition) is 1. The molecular weight excluding hydrogens is 256 g/mol. The highest BCUT2D eigenvalue weighted by atomic mass is 15.2. The highest BCUT2D eigenvalue weighted by molar-refractivity contribution is 5.89. The van der Waals surface area contributed by atoms with Crippen molar-refractivity contribution in [2.45, 2.75) is 38.6 Å². The number of benzene rings is 1. The van der Waals surface area contributed by atoms with Crippen molar-refractivity contribution in [3.8, 4) is 0 Å². The molecule has 3 aliphatic heterocycles. The van der Waals surface area contributed by atoms with E-state index in [4.69, 9.17) is 0 Å². The van der Waals surface area contributed by atoms with Gasteiger partial charge in [0.2, 0.25) is 0 Å². The largest absolute Gasteiger partial charge is 0.319 e. The van der Waals surface area contributed by atoms with Gasteiger partial charge in [0.25, 0.3) is 0 Å². The van der Waals surface area contributed by atoms with Crippen LogP contribution in [0.25, 0.3) is 17.1 Å². The maximum Gasteiger partial charge on any atom is 0.0571 e. The zero-order valence-electron chi connectivity index (χ0n) is 12.7. The molecule has 2 atom stereocenters. The van der Waals surface area contributed by atoms with Gasteiger partial charge in [-0.2, -0.15) is 0 Å². The minimum Gasteiger partial charge on any atom is -0.319 e. The average Bonchev–Trinajstić information content (AvgIpc) is 2.87. The summed E-state index contributed by atoms with van der Waals surface area (Å²) in [4.78, 5) is 2.73. The standard InChI is InChI=1S/C19H22N2/c1-2-13-5-6-15-16-8-10-20-9-3-4-14-7-11-21(17(15)12-13)19(16)18(14)20/h5-7,11-12,14,18H,2-4,8-10H2,1H3/t14-,18-/m1/s1. The Kier molecular flexibility index (Phi) is 2.43. The van der Waals surface area contributed by atoms with Gasteiger partial charge in [-0.15, -0.1) is 0 Å². The second kappa shape index (κ2) is 4.23. The van der Waals surface area contributed by atoms with Crippen LogP contribution in [0.1, 0.15) is 42.6 Å². The molecule has 0 radical (unpaired) electrons. The Morgan fingerprint density at radius 1 is 1.24 bits per heavy atom. The van der Waals surface area contributed by atoms with Crippen molar-refractivity contribution < 1.29 is 0 Å². The lowest BCUT2D eigenvalue weighted by Crippen LogP contribution is -2.44. The molecule has 2 nitrogen and oxygen atoms in total. The Morgan fingerprint density at radius 2 is 2.19 bits per heavy atom. The molecule has 0 unspecified atom stereocenters. The molecule has 4 heterocycles. The number of rotatable bonds is 1. The second-order valence-electron chi connectivity index (χ2n) is 6.82. The molecule has 0 saturated carbocycles. The summed E-state index contributed by atoms with van der Waals surface area (Å²) in [6.45, 7) is 4.78. The normalized spacial score (nSPS) is 27.1. The smallest absolute Gasteiger partial charge is 0.0571 e. The third-order valence-corrected chi connectivity index (χ3v) is 5.82. The monoisotopic (exact) mass is 278 g/mol. The zero-order valence-corrected chi connectivity index (χ0v) is 12.7. The van der Waals surface area contributed by atoms with Gasteiger partial charge in [-0.3, -0.25) is 4.90 Å². The number of aryl methyl sites for hydroxylation is 1. The lowest BCUT2D eigenvalue weighted by atomic mass is 9.81. The van der Waals surface area contributed by atoms with E-state index in [-0.39, 0.29) is 0 Å². The first-order chi connectivity index (χ1) is 10.4. The van der Waals surface area contributed by atoms with E-state index in [1.807, 2.05) is 0 Å². The first-order valence-electron chi connectivity index (χ1n) is 8.45. The highest BCUT2D eigenvalue weighted by Crippen LogP contribution is 2.47. The van der Waals surface area contributed by atoms with E-state index < -0.39 is 0 Å². The van der Waals surface area contributed by atoms with Crippen LogP contribution in [0.5, 0.6) is 0 Å². The van der Waals surface area contributed by atoms with Crippen LogP contribution in [-0.4, -0.2) is 22.6 Å². The summed E-state index contributed by atoms with van der Waals surface area (Å²) in [5, 5.41) is 1.50. The Labute approximate surface area is 126 Å². The van der Waals surface area contributed by atoms with Crippen molar-refractivity contribution in [1.82, 2.24) is 9.47 Å². The van der Waals surface area contributed by atoms with Gasteiger partial charge in [-0.1, -0.05) is 25.1 Å². The quantitative estimate of drug-likeness (QED) is 0.765. The number of fused-ring (bicyclic) bond motifs is 3. The molecule has 5 rings (SSSR count). The minimum absolute atomic E-state index is 0.643. The van der Waals surface area contributed by atoms with E-state index in [0.717, 1.165) is 12.3 Å². The fraction of sp³-hybridized carbons (Fsp3) is 0.474. The second-order valence-corrected chi connectivity index (χ2v) is 6.82. The zero-order chi connectivity index (χ0) is 14.0. The molecule has 1 aromatic carbocycles. The molecular formula is C19H22N2. The number of nitrogens with zero attached hydrogens (tertiary/aromatic N) is 2. The van der Waals surface area contributed by atoms with Crippen LogP contribution in [0.4, 0.5) is 0 Å². The Bertz CT molecular complexity index is 753. The first kappa shape index (κ1) is 12.0. The molecule has 0 N–H and O–H groups in total. The van der Waals surface area contributed by atoms with Gasteiger partial charge >= 0.3 is 0 Å². The third kappa shape index (κ3) is 1.51. The van der Waals surface area contributed by atoms with E-state index in [1.54, 1.807) is 11.3 Å². The molecule has 0 bridgehead atoms. The fourth-order valence-electron chi connectivity index (χ4n) is 4.79. The summed E-state index contributed by atoms with van der Waals surface area (Å²) in [5.41, 5.74) is 6.12. The summed E-state index contributed by atoms with van der Waals surface area (Å²) in [6, 6.07) is 7.74. The molecule has 1 saturated heterocycles. The fourth-order valence-corrected chi connectivity index (χ4v) is 4.79. The molecule has 108 valence electrons. The van der Waals surface area contributed by atoms with Crippen molar-refractivity contribution in [2.75, 3.05) is 13.1 Å². The third-order valence-electron chi connectivity index (χ3n) is 5.82. The van der Waals surface area contributed by atoms with Gasteiger partial charge in [0.1, 0.15) is 0 Å². The van der Waals surface area contributed by atoms with Gasteiger partial charge in [0, 0.05) is 23.8 Å². The van der Waals surface area contributed by atoms with E-state index in [2.05, 4.69) is 46.9 Å². The SMILES string of the molecule is CCc1ccc2c3c4n(c2c1)C=C[C@H]1CCCN(CC3)[C@@H]41. The average molecular weight is 278 g/mol. The lowest BCUT2D eigenvalue weighted by molar-refractivity contribution is 0.0982. The number of piperidine rings is 1. The molecule has 0 spiro atoms. The van der Waals surface area contributed by atoms with Gasteiger partial charge < -0.3 is 4.57 Å². The van der Waals surface area contributed by atoms with E-state index >= 15 is 0 Å². The molecule has 1 fully saturated rings. The Morgan fingerprint density at radius 3 is 3.10 bits per heavy atom. The lowest BCUT2D eigenvalue weighted by Gasteiger charge is -2.45. The number of hydrogen-bond donors (Lipinski definition) is 0. The maximum absolute atomic E-state index is 2.73. The van der Waals surface area contributed by atoms with Crippen LogP contribution < -0.4 is 0 Å². The van der Waals surface area contributed by atoms with Gasteiger partial charge in [0.15, 0.2) is 0 Å². The van der Waals surface area contributed by atoms with Crippen molar-refractivity contribution in [2.24, 2.45) is 5.92 Å². The molecule has 1 aromatic heterocycles. The Balaban J connectivity index is 1.82. The number of aromatic nitrogens is 1. The van der Waals surface area contributed by atoms with Crippen molar-refractivity contribution in [1.29, 1.82) is 0 Å². The molecule has 21 heavy (non-hydrogen) atoms.